The molecule has 1 saturated carbocycles. The maximum absolute atomic E-state index is 13.4. The Balaban J connectivity index is 1.70. The van der Waals surface area contributed by atoms with Crippen LogP contribution in [0, 0.1) is 5.82 Å². The third-order valence-corrected chi connectivity index (χ3v) is 4.38. The van der Waals surface area contributed by atoms with Crippen LogP contribution in [0.25, 0.3) is 10.9 Å². The minimum absolute atomic E-state index is 0.287. The largest absolute Gasteiger partial charge is 0.367 e. The second-order valence-corrected chi connectivity index (χ2v) is 6.17. The Morgan fingerprint density at radius 2 is 1.79 bits per heavy atom. The van der Waals surface area contributed by atoms with Gasteiger partial charge >= 0.3 is 0 Å². The number of halogens is 1. The lowest BCUT2D eigenvalue weighted by Gasteiger charge is -2.16. The van der Waals surface area contributed by atoms with Crippen LogP contribution in [0.2, 0.25) is 0 Å². The molecule has 0 atom stereocenters. The number of anilines is 3. The van der Waals surface area contributed by atoms with E-state index in [0.717, 1.165) is 16.7 Å². The average molecular weight is 322 g/mol. The normalized spacial score (nSPS) is 14.9. The second kappa shape index (κ2) is 6.43. The summed E-state index contributed by atoms with van der Waals surface area (Å²) in [6.07, 6.45) is 4.86. The van der Waals surface area contributed by atoms with Gasteiger partial charge in [0.2, 0.25) is 5.95 Å². The van der Waals surface area contributed by atoms with Crippen LogP contribution >= 0.6 is 0 Å². The molecule has 4 nitrogen and oxygen atoms in total. The van der Waals surface area contributed by atoms with Crippen molar-refractivity contribution in [3.63, 3.8) is 0 Å². The molecule has 5 heteroatoms. The van der Waals surface area contributed by atoms with E-state index in [-0.39, 0.29) is 5.82 Å². The lowest BCUT2D eigenvalue weighted by Crippen LogP contribution is -2.16. The van der Waals surface area contributed by atoms with Gasteiger partial charge in [-0.05, 0) is 43.2 Å². The van der Waals surface area contributed by atoms with Gasteiger partial charge in [-0.1, -0.05) is 31.0 Å². The van der Waals surface area contributed by atoms with Crippen LogP contribution in [0.15, 0.2) is 48.5 Å². The van der Waals surface area contributed by atoms with Crippen LogP contribution in [0.5, 0.6) is 0 Å². The van der Waals surface area contributed by atoms with Gasteiger partial charge in [0.15, 0.2) is 0 Å². The van der Waals surface area contributed by atoms with Crippen LogP contribution in [0.1, 0.15) is 25.7 Å². The first kappa shape index (κ1) is 14.9. The number of nitrogens with zero attached hydrogens (tertiary/aromatic N) is 2. The molecule has 0 aliphatic heterocycles. The van der Waals surface area contributed by atoms with E-state index in [4.69, 9.17) is 0 Å². The van der Waals surface area contributed by atoms with Crippen molar-refractivity contribution in [2.75, 3.05) is 10.6 Å². The van der Waals surface area contributed by atoms with Gasteiger partial charge in [0.1, 0.15) is 11.6 Å². The molecule has 3 aromatic rings. The van der Waals surface area contributed by atoms with Crippen molar-refractivity contribution in [2.24, 2.45) is 0 Å². The molecule has 0 spiro atoms. The van der Waals surface area contributed by atoms with E-state index in [2.05, 4.69) is 20.6 Å². The van der Waals surface area contributed by atoms with Crippen molar-refractivity contribution in [3.8, 4) is 0 Å². The first-order valence-corrected chi connectivity index (χ1v) is 8.34. The first-order valence-electron chi connectivity index (χ1n) is 8.34. The fourth-order valence-corrected chi connectivity index (χ4v) is 3.20. The van der Waals surface area contributed by atoms with Gasteiger partial charge in [-0.25, -0.2) is 9.37 Å². The summed E-state index contributed by atoms with van der Waals surface area (Å²) in [4.78, 5) is 9.18. The van der Waals surface area contributed by atoms with E-state index in [9.17, 15) is 4.39 Å². The SMILES string of the molecule is Fc1cccc(Nc2nc(NC3CCCC3)c3ccccc3n2)c1. The van der Waals surface area contributed by atoms with Gasteiger partial charge < -0.3 is 10.6 Å². The Morgan fingerprint density at radius 1 is 0.958 bits per heavy atom. The number of benzene rings is 2. The van der Waals surface area contributed by atoms with Crippen LogP contribution in [-0.4, -0.2) is 16.0 Å². The molecular weight excluding hydrogens is 303 g/mol. The highest BCUT2D eigenvalue weighted by atomic mass is 19.1. The van der Waals surface area contributed by atoms with E-state index in [1.54, 1.807) is 12.1 Å². The highest BCUT2D eigenvalue weighted by Gasteiger charge is 2.17. The molecule has 0 amide bonds. The van der Waals surface area contributed by atoms with Crippen LogP contribution in [0.4, 0.5) is 21.8 Å². The molecule has 0 unspecified atom stereocenters. The summed E-state index contributed by atoms with van der Waals surface area (Å²) in [5.41, 5.74) is 1.50. The Bertz CT molecular complexity index is 859. The molecule has 1 aromatic heterocycles. The molecule has 122 valence electrons. The number of hydrogen-bond donors (Lipinski definition) is 2. The summed E-state index contributed by atoms with van der Waals surface area (Å²) in [6, 6.07) is 14.7. The molecule has 2 aromatic carbocycles. The lowest BCUT2D eigenvalue weighted by atomic mass is 10.2. The number of para-hydroxylation sites is 1. The zero-order valence-corrected chi connectivity index (χ0v) is 13.3. The molecule has 0 bridgehead atoms. The van der Waals surface area contributed by atoms with E-state index in [0.29, 0.717) is 17.7 Å². The van der Waals surface area contributed by atoms with Gasteiger partial charge in [0, 0.05) is 17.1 Å². The molecule has 1 aliphatic rings. The smallest absolute Gasteiger partial charge is 0.229 e. The topological polar surface area (TPSA) is 49.8 Å². The summed E-state index contributed by atoms with van der Waals surface area (Å²) in [5, 5.41) is 7.66. The quantitative estimate of drug-likeness (QED) is 0.719. The molecule has 1 fully saturated rings. The van der Waals surface area contributed by atoms with Crippen molar-refractivity contribution in [3.05, 3.63) is 54.3 Å². The minimum atomic E-state index is -0.287. The summed E-state index contributed by atoms with van der Waals surface area (Å²) in [6.45, 7) is 0. The zero-order chi connectivity index (χ0) is 16.4. The van der Waals surface area contributed by atoms with E-state index in [1.807, 2.05) is 24.3 Å². The van der Waals surface area contributed by atoms with Crippen molar-refractivity contribution in [1.29, 1.82) is 0 Å². The third kappa shape index (κ3) is 3.15. The minimum Gasteiger partial charge on any atom is -0.367 e. The Hall–Kier alpha value is -2.69. The standard InChI is InChI=1S/C19H19FN4/c20-13-6-5-9-15(12-13)22-19-23-17-11-4-3-10-16(17)18(24-19)21-14-7-1-2-8-14/h3-6,9-12,14H,1-2,7-8H2,(H2,21,22,23,24). The van der Waals surface area contributed by atoms with Crippen molar-refractivity contribution < 1.29 is 4.39 Å². The van der Waals surface area contributed by atoms with E-state index >= 15 is 0 Å². The molecular formula is C19H19FN4. The first-order chi connectivity index (χ1) is 11.8. The average Bonchev–Trinajstić information content (AvgIpc) is 3.08. The monoisotopic (exact) mass is 322 g/mol. The maximum atomic E-state index is 13.4. The summed E-state index contributed by atoms with van der Waals surface area (Å²) >= 11 is 0. The van der Waals surface area contributed by atoms with Crippen molar-refractivity contribution in [2.45, 2.75) is 31.7 Å². The van der Waals surface area contributed by atoms with E-state index in [1.165, 1.54) is 37.8 Å². The number of fused-ring (bicyclic) bond motifs is 1. The predicted molar refractivity (Wildman–Crippen MR) is 95.1 cm³/mol. The number of nitrogens with one attached hydrogen (secondary N) is 2. The molecule has 0 saturated heterocycles. The highest BCUT2D eigenvalue weighted by Crippen LogP contribution is 2.27. The number of aromatic nitrogens is 2. The second-order valence-electron chi connectivity index (χ2n) is 6.17. The Labute approximate surface area is 140 Å². The molecule has 1 aliphatic carbocycles. The van der Waals surface area contributed by atoms with Crippen LogP contribution < -0.4 is 10.6 Å². The predicted octanol–water partition coefficient (Wildman–Crippen LogP) is 4.87. The highest BCUT2D eigenvalue weighted by molar-refractivity contribution is 5.90. The zero-order valence-electron chi connectivity index (χ0n) is 13.3. The molecule has 1 heterocycles. The maximum Gasteiger partial charge on any atom is 0.229 e. The fraction of sp³-hybridized carbons (Fsp3) is 0.263. The fourth-order valence-electron chi connectivity index (χ4n) is 3.20. The van der Waals surface area contributed by atoms with Gasteiger partial charge in [0.05, 0.1) is 5.52 Å². The molecule has 24 heavy (non-hydrogen) atoms. The number of rotatable bonds is 4. The Kier molecular flexibility index (Phi) is 3.99. The Morgan fingerprint density at radius 3 is 2.62 bits per heavy atom. The number of hydrogen-bond acceptors (Lipinski definition) is 4. The van der Waals surface area contributed by atoms with Gasteiger partial charge in [-0.2, -0.15) is 4.98 Å². The van der Waals surface area contributed by atoms with Gasteiger partial charge in [-0.3, -0.25) is 0 Å². The summed E-state index contributed by atoms with van der Waals surface area (Å²) in [5.74, 6) is 1.02. The van der Waals surface area contributed by atoms with E-state index < -0.39 is 0 Å². The van der Waals surface area contributed by atoms with Gasteiger partial charge in [-0.15, -0.1) is 0 Å². The van der Waals surface area contributed by atoms with Crippen molar-refractivity contribution in [1.82, 2.24) is 9.97 Å². The lowest BCUT2D eigenvalue weighted by molar-refractivity contribution is 0.628. The van der Waals surface area contributed by atoms with Crippen LogP contribution in [0.3, 0.4) is 0 Å². The van der Waals surface area contributed by atoms with Crippen molar-refractivity contribution >= 4 is 28.4 Å². The summed E-state index contributed by atoms with van der Waals surface area (Å²) < 4.78 is 13.4. The van der Waals surface area contributed by atoms with Crippen LogP contribution in [-0.2, 0) is 0 Å². The molecule has 0 radical (unpaired) electrons. The molecule has 4 rings (SSSR count). The van der Waals surface area contributed by atoms with Gasteiger partial charge in [0.25, 0.3) is 0 Å². The molecule has 2 N–H and O–H groups in total. The third-order valence-electron chi connectivity index (χ3n) is 4.38. The summed E-state index contributed by atoms with van der Waals surface area (Å²) in [7, 11) is 0.